The Morgan fingerprint density at radius 2 is 1.29 bits per heavy atom. The molecular weight excluding hydrogens is 517 g/mol. The Labute approximate surface area is 220 Å². The molecule has 1 N–H and O–H groups in total. The van der Waals surface area contributed by atoms with Gasteiger partial charge < -0.3 is 24.3 Å². The summed E-state index contributed by atoms with van der Waals surface area (Å²) in [6, 6.07) is 15.6. The van der Waals surface area contributed by atoms with Crippen molar-refractivity contribution < 1.29 is 47.2 Å². The summed E-state index contributed by atoms with van der Waals surface area (Å²) in [7, 11) is -3.88. The number of rotatable bonds is 9. The Morgan fingerprint density at radius 1 is 0.789 bits per heavy atom. The minimum absolute atomic E-state index is 0.346. The first kappa shape index (κ1) is 29.0. The van der Waals surface area contributed by atoms with E-state index in [0.717, 1.165) is 13.8 Å². The maximum atomic E-state index is 14.6. The summed E-state index contributed by atoms with van der Waals surface area (Å²) in [6.07, 6.45) is -5.30. The van der Waals surface area contributed by atoms with Crippen molar-refractivity contribution in [2.24, 2.45) is 0 Å². The molecular formula is C26H30NO10P. The Hall–Kier alpha value is -3.53. The molecule has 2 aromatic rings. The molecule has 1 amide bonds. The first-order valence-corrected chi connectivity index (χ1v) is 13.4. The van der Waals surface area contributed by atoms with E-state index >= 15 is 0 Å². The van der Waals surface area contributed by atoms with E-state index in [9.17, 15) is 23.7 Å². The molecule has 1 aliphatic rings. The lowest BCUT2D eigenvalue weighted by atomic mass is 9.96. The zero-order valence-corrected chi connectivity index (χ0v) is 22.3. The third-order valence-corrected chi connectivity index (χ3v) is 7.98. The monoisotopic (exact) mass is 547 g/mol. The van der Waals surface area contributed by atoms with Gasteiger partial charge in [0, 0.05) is 38.3 Å². The van der Waals surface area contributed by atoms with Crippen LogP contribution in [0.5, 0.6) is 0 Å². The molecule has 0 spiro atoms. The van der Waals surface area contributed by atoms with Gasteiger partial charge in [0.2, 0.25) is 5.91 Å². The molecule has 0 saturated carbocycles. The number of hydrogen-bond acceptors (Lipinski definition) is 10. The van der Waals surface area contributed by atoms with Crippen LogP contribution >= 0.6 is 7.37 Å². The van der Waals surface area contributed by atoms with Crippen LogP contribution in [-0.2, 0) is 47.2 Å². The lowest BCUT2D eigenvalue weighted by Crippen LogP contribution is -2.66. The number of amides is 1. The number of hydrogen-bond donors (Lipinski definition) is 1. The SMILES string of the molecule is CC(=O)N[C@H]1[C@H](OP(=O)(c2ccccc2)c2ccccc2)O[C@H](COC(C)=O)[C@@H](OC(C)=O)[C@@H]1OC(C)=O. The van der Waals surface area contributed by atoms with Gasteiger partial charge in [0.1, 0.15) is 18.8 Å². The van der Waals surface area contributed by atoms with Gasteiger partial charge in [-0.3, -0.25) is 28.3 Å². The minimum Gasteiger partial charge on any atom is -0.463 e. The Morgan fingerprint density at radius 3 is 1.74 bits per heavy atom. The molecule has 5 atom stereocenters. The van der Waals surface area contributed by atoms with Crippen molar-refractivity contribution >= 4 is 41.8 Å². The molecule has 12 heteroatoms. The molecule has 0 aromatic heterocycles. The van der Waals surface area contributed by atoms with Crippen LogP contribution in [0, 0.1) is 0 Å². The molecule has 0 aliphatic carbocycles. The van der Waals surface area contributed by atoms with E-state index in [4.69, 9.17) is 23.5 Å². The van der Waals surface area contributed by atoms with Crippen LogP contribution in [0.15, 0.2) is 60.7 Å². The number of benzene rings is 2. The van der Waals surface area contributed by atoms with E-state index in [1.54, 1.807) is 60.7 Å². The highest BCUT2D eigenvalue weighted by molar-refractivity contribution is 7.74. The van der Waals surface area contributed by atoms with Crippen molar-refractivity contribution in [2.45, 2.75) is 58.3 Å². The first-order chi connectivity index (χ1) is 18.0. The summed E-state index contributed by atoms with van der Waals surface area (Å²) >= 11 is 0. The molecule has 38 heavy (non-hydrogen) atoms. The normalized spacial score (nSPS) is 23.1. The summed E-state index contributed by atoms with van der Waals surface area (Å²) in [5.41, 5.74) is 0. The standard InChI is InChI=1S/C26H30NO10P/c1-16(28)27-23-25(35-19(4)31)24(34-18(3)30)22(15-33-17(2)29)36-26(23)37-38(32,20-11-7-5-8-12-20)21-13-9-6-10-14-21/h5-14,22-26H,15H2,1-4H3,(H,27,28)/t22-,23-,24-,25-,26+/m1/s1. The number of ether oxygens (including phenoxy) is 4. The lowest BCUT2D eigenvalue weighted by Gasteiger charge is -2.45. The minimum atomic E-state index is -3.88. The third kappa shape index (κ3) is 7.28. The summed E-state index contributed by atoms with van der Waals surface area (Å²) in [5.74, 6) is -2.66. The molecule has 11 nitrogen and oxygen atoms in total. The smallest absolute Gasteiger partial charge is 0.303 e. The second kappa shape index (κ2) is 12.8. The van der Waals surface area contributed by atoms with Gasteiger partial charge in [-0.25, -0.2) is 0 Å². The number of carbonyl (C=O) groups excluding carboxylic acids is 4. The molecule has 1 saturated heterocycles. The van der Waals surface area contributed by atoms with Gasteiger partial charge in [0.25, 0.3) is 7.37 Å². The Bertz CT molecular complexity index is 1150. The van der Waals surface area contributed by atoms with Crippen molar-refractivity contribution in [3.05, 3.63) is 60.7 Å². The van der Waals surface area contributed by atoms with Crippen LogP contribution in [0.2, 0.25) is 0 Å². The zero-order valence-electron chi connectivity index (χ0n) is 21.4. The largest absolute Gasteiger partial charge is 0.463 e. The molecule has 0 radical (unpaired) electrons. The van der Waals surface area contributed by atoms with Gasteiger partial charge in [-0.15, -0.1) is 0 Å². The zero-order chi connectivity index (χ0) is 27.9. The van der Waals surface area contributed by atoms with E-state index in [0.29, 0.717) is 10.6 Å². The predicted octanol–water partition coefficient (Wildman–Crippen LogP) is 1.59. The number of nitrogens with one attached hydrogen (secondary N) is 1. The molecule has 3 rings (SSSR count). The van der Waals surface area contributed by atoms with Crippen molar-refractivity contribution in [1.29, 1.82) is 0 Å². The number of esters is 3. The van der Waals surface area contributed by atoms with Crippen molar-refractivity contribution in [2.75, 3.05) is 6.61 Å². The maximum Gasteiger partial charge on any atom is 0.303 e. The van der Waals surface area contributed by atoms with E-state index in [1.165, 1.54) is 13.8 Å². The molecule has 2 aromatic carbocycles. The van der Waals surface area contributed by atoms with Gasteiger partial charge in [0.05, 0.1) is 0 Å². The fraction of sp³-hybridized carbons (Fsp3) is 0.385. The van der Waals surface area contributed by atoms with E-state index in [2.05, 4.69) is 5.32 Å². The molecule has 0 unspecified atom stereocenters. The van der Waals surface area contributed by atoms with Crippen LogP contribution in [0.4, 0.5) is 0 Å². The third-order valence-electron chi connectivity index (χ3n) is 5.52. The highest BCUT2D eigenvalue weighted by Crippen LogP contribution is 2.48. The summed E-state index contributed by atoms with van der Waals surface area (Å²) in [4.78, 5) is 47.8. The van der Waals surface area contributed by atoms with Crippen LogP contribution in [0.3, 0.4) is 0 Å². The second-order valence-corrected chi connectivity index (χ2v) is 10.9. The van der Waals surface area contributed by atoms with Crippen molar-refractivity contribution in [3.8, 4) is 0 Å². The van der Waals surface area contributed by atoms with Crippen LogP contribution in [0.25, 0.3) is 0 Å². The van der Waals surface area contributed by atoms with Crippen molar-refractivity contribution in [3.63, 3.8) is 0 Å². The summed E-state index contributed by atoms with van der Waals surface area (Å²) in [6.45, 7) is 4.28. The molecule has 1 heterocycles. The maximum absolute atomic E-state index is 14.6. The lowest BCUT2D eigenvalue weighted by molar-refractivity contribution is -0.256. The van der Waals surface area contributed by atoms with Gasteiger partial charge in [-0.1, -0.05) is 36.4 Å². The van der Waals surface area contributed by atoms with Gasteiger partial charge >= 0.3 is 17.9 Å². The Balaban J connectivity index is 2.12. The molecule has 204 valence electrons. The van der Waals surface area contributed by atoms with Crippen molar-refractivity contribution in [1.82, 2.24) is 5.32 Å². The fourth-order valence-electron chi connectivity index (χ4n) is 4.05. The predicted molar refractivity (Wildman–Crippen MR) is 135 cm³/mol. The average molecular weight is 547 g/mol. The molecule has 1 fully saturated rings. The topological polar surface area (TPSA) is 144 Å². The summed E-state index contributed by atoms with van der Waals surface area (Å²) in [5, 5.41) is 3.31. The van der Waals surface area contributed by atoms with Gasteiger partial charge in [0.15, 0.2) is 18.5 Å². The number of carbonyl (C=O) groups is 4. The van der Waals surface area contributed by atoms with Gasteiger partial charge in [-0.2, -0.15) is 0 Å². The second-order valence-electron chi connectivity index (χ2n) is 8.55. The average Bonchev–Trinajstić information content (AvgIpc) is 2.86. The fourth-order valence-corrected chi connectivity index (χ4v) is 6.19. The van der Waals surface area contributed by atoms with Gasteiger partial charge in [-0.05, 0) is 24.3 Å². The van der Waals surface area contributed by atoms with E-state index in [1.807, 2.05) is 0 Å². The van der Waals surface area contributed by atoms with Crippen LogP contribution in [-0.4, -0.2) is 61.1 Å². The molecule has 1 aliphatic heterocycles. The van der Waals surface area contributed by atoms with Crippen LogP contribution < -0.4 is 15.9 Å². The van der Waals surface area contributed by atoms with E-state index < -0.39 is 68.4 Å². The van der Waals surface area contributed by atoms with Crippen LogP contribution in [0.1, 0.15) is 27.7 Å². The highest BCUT2D eigenvalue weighted by atomic mass is 31.2. The van der Waals surface area contributed by atoms with E-state index in [-0.39, 0.29) is 0 Å². The highest BCUT2D eigenvalue weighted by Gasteiger charge is 2.53. The first-order valence-electron chi connectivity index (χ1n) is 11.8. The quantitative estimate of drug-likeness (QED) is 0.279. The Kier molecular flexibility index (Phi) is 9.79. The molecule has 0 bridgehead atoms. The summed E-state index contributed by atoms with van der Waals surface area (Å²) < 4.78 is 42.9.